The first-order chi connectivity index (χ1) is 10.8. The van der Waals surface area contributed by atoms with Crippen molar-refractivity contribution >= 4 is 5.78 Å². The van der Waals surface area contributed by atoms with Crippen LogP contribution >= 0.6 is 0 Å². The van der Waals surface area contributed by atoms with Crippen LogP contribution in [0, 0.1) is 0 Å². The smallest absolute Gasteiger partial charge is 0.187 e. The van der Waals surface area contributed by atoms with E-state index in [1.54, 1.807) is 12.1 Å². The largest absolute Gasteiger partial charge is 0.490 e. The Balaban J connectivity index is 1.67. The van der Waals surface area contributed by atoms with E-state index in [1.807, 2.05) is 18.3 Å². The van der Waals surface area contributed by atoms with Crippen LogP contribution in [-0.2, 0) is 0 Å². The fourth-order valence-corrected chi connectivity index (χ4v) is 2.83. The van der Waals surface area contributed by atoms with Crippen LogP contribution in [-0.4, -0.2) is 37.0 Å². The molecular formula is C18H23NO3. The highest BCUT2D eigenvalue weighted by Crippen LogP contribution is 2.30. The first kappa shape index (κ1) is 14.9. The third-order valence-corrected chi connectivity index (χ3v) is 4.11. The molecule has 1 aromatic carbocycles. The van der Waals surface area contributed by atoms with Crippen LogP contribution < -0.4 is 9.47 Å². The number of fused-ring (bicyclic) bond motifs is 1. The molecule has 0 amide bonds. The number of rotatable bonds is 3. The van der Waals surface area contributed by atoms with Gasteiger partial charge in [0.15, 0.2) is 17.3 Å². The van der Waals surface area contributed by atoms with Gasteiger partial charge in [-0.2, -0.15) is 0 Å². The van der Waals surface area contributed by atoms with Gasteiger partial charge in [-0.1, -0.05) is 12.8 Å². The van der Waals surface area contributed by atoms with E-state index in [9.17, 15) is 4.79 Å². The molecule has 0 aliphatic carbocycles. The van der Waals surface area contributed by atoms with Gasteiger partial charge in [0.25, 0.3) is 0 Å². The topological polar surface area (TPSA) is 38.8 Å². The zero-order valence-electron chi connectivity index (χ0n) is 12.9. The summed E-state index contributed by atoms with van der Waals surface area (Å²) in [5.41, 5.74) is 0.648. The Morgan fingerprint density at radius 3 is 2.45 bits per heavy atom. The maximum atomic E-state index is 12.3. The number of hydrogen-bond donors (Lipinski definition) is 0. The van der Waals surface area contributed by atoms with E-state index in [-0.39, 0.29) is 5.78 Å². The Hall–Kier alpha value is -1.97. The molecule has 2 heterocycles. The van der Waals surface area contributed by atoms with Gasteiger partial charge in [-0.05, 0) is 31.0 Å². The Labute approximate surface area is 131 Å². The summed E-state index contributed by atoms with van der Waals surface area (Å²) in [6.45, 7) is 3.39. The first-order valence-corrected chi connectivity index (χ1v) is 8.19. The zero-order valence-corrected chi connectivity index (χ0v) is 12.9. The van der Waals surface area contributed by atoms with E-state index >= 15 is 0 Å². The van der Waals surface area contributed by atoms with Crippen molar-refractivity contribution in [1.82, 2.24) is 4.90 Å². The standard InChI is InChI=1S/C18H23NO3/c20-16(8-11-19-9-3-1-2-4-10-19)15-6-7-17-18(14-15)22-13-5-12-21-17/h6-8,11,14H,1-5,9-10,12-13H2/b11-8+. The fraction of sp³-hybridized carbons (Fsp3) is 0.500. The molecule has 4 nitrogen and oxygen atoms in total. The average molecular weight is 301 g/mol. The van der Waals surface area contributed by atoms with Crippen molar-refractivity contribution in [3.63, 3.8) is 0 Å². The highest BCUT2D eigenvalue weighted by Gasteiger charge is 2.13. The van der Waals surface area contributed by atoms with Gasteiger partial charge in [0.1, 0.15) is 0 Å². The summed E-state index contributed by atoms with van der Waals surface area (Å²) in [4.78, 5) is 14.6. The van der Waals surface area contributed by atoms with Crippen molar-refractivity contribution in [3.8, 4) is 11.5 Å². The van der Waals surface area contributed by atoms with Crippen molar-refractivity contribution in [2.45, 2.75) is 32.1 Å². The summed E-state index contributed by atoms with van der Waals surface area (Å²) in [5, 5.41) is 0. The quantitative estimate of drug-likeness (QED) is 0.633. The molecule has 0 spiro atoms. The molecule has 3 rings (SSSR count). The van der Waals surface area contributed by atoms with Crippen molar-refractivity contribution in [3.05, 3.63) is 36.0 Å². The Morgan fingerprint density at radius 2 is 1.68 bits per heavy atom. The van der Waals surface area contributed by atoms with E-state index in [1.165, 1.54) is 25.7 Å². The monoisotopic (exact) mass is 301 g/mol. The minimum absolute atomic E-state index is 0.0138. The Kier molecular flexibility index (Phi) is 4.99. The van der Waals surface area contributed by atoms with E-state index < -0.39 is 0 Å². The normalized spacial score (nSPS) is 18.8. The van der Waals surface area contributed by atoms with Crippen LogP contribution in [0.3, 0.4) is 0 Å². The van der Waals surface area contributed by atoms with Crippen LogP contribution in [0.25, 0.3) is 0 Å². The number of ether oxygens (including phenoxy) is 2. The average Bonchev–Trinajstić information content (AvgIpc) is 2.94. The zero-order chi connectivity index (χ0) is 15.2. The predicted molar refractivity (Wildman–Crippen MR) is 85.6 cm³/mol. The number of ketones is 1. The number of likely N-dealkylation sites (tertiary alicyclic amines) is 1. The minimum Gasteiger partial charge on any atom is -0.490 e. The molecular weight excluding hydrogens is 278 g/mol. The maximum Gasteiger partial charge on any atom is 0.187 e. The summed E-state index contributed by atoms with van der Waals surface area (Å²) in [6.07, 6.45) is 9.49. The van der Waals surface area contributed by atoms with Crippen molar-refractivity contribution in [2.75, 3.05) is 26.3 Å². The number of hydrogen-bond acceptors (Lipinski definition) is 4. The molecule has 0 bridgehead atoms. The SMILES string of the molecule is O=C(/C=C/N1CCCCCC1)c1ccc2c(c1)OCCCO2. The van der Waals surface area contributed by atoms with Gasteiger partial charge in [-0.25, -0.2) is 0 Å². The van der Waals surface area contributed by atoms with Gasteiger partial charge in [0, 0.05) is 37.3 Å². The van der Waals surface area contributed by atoms with Gasteiger partial charge in [-0.3, -0.25) is 4.79 Å². The fourth-order valence-electron chi connectivity index (χ4n) is 2.83. The number of carbonyl (C=O) groups excluding carboxylic acids is 1. The highest BCUT2D eigenvalue weighted by molar-refractivity contribution is 6.04. The van der Waals surface area contributed by atoms with Gasteiger partial charge >= 0.3 is 0 Å². The molecule has 1 aromatic rings. The van der Waals surface area contributed by atoms with Gasteiger partial charge in [-0.15, -0.1) is 0 Å². The highest BCUT2D eigenvalue weighted by atomic mass is 16.5. The number of allylic oxidation sites excluding steroid dienone is 1. The van der Waals surface area contributed by atoms with Crippen molar-refractivity contribution in [1.29, 1.82) is 0 Å². The molecule has 2 aliphatic heterocycles. The van der Waals surface area contributed by atoms with E-state index in [2.05, 4.69) is 4.90 Å². The summed E-state index contributed by atoms with van der Waals surface area (Å²) >= 11 is 0. The van der Waals surface area contributed by atoms with E-state index in [4.69, 9.17) is 9.47 Å². The second kappa shape index (κ2) is 7.34. The number of carbonyl (C=O) groups is 1. The van der Waals surface area contributed by atoms with Crippen LogP contribution in [0.2, 0.25) is 0 Å². The molecule has 22 heavy (non-hydrogen) atoms. The first-order valence-electron chi connectivity index (χ1n) is 8.19. The number of nitrogens with zero attached hydrogens (tertiary/aromatic N) is 1. The lowest BCUT2D eigenvalue weighted by Crippen LogP contribution is -2.18. The lowest BCUT2D eigenvalue weighted by atomic mass is 10.1. The van der Waals surface area contributed by atoms with E-state index in [0.29, 0.717) is 24.5 Å². The molecule has 0 aromatic heterocycles. The third kappa shape index (κ3) is 3.81. The van der Waals surface area contributed by atoms with Gasteiger partial charge in [0.05, 0.1) is 13.2 Å². The summed E-state index contributed by atoms with van der Waals surface area (Å²) < 4.78 is 11.2. The second-order valence-electron chi connectivity index (χ2n) is 5.84. The molecule has 0 atom stereocenters. The van der Waals surface area contributed by atoms with Gasteiger partial charge < -0.3 is 14.4 Å². The molecule has 0 saturated carbocycles. The summed E-state index contributed by atoms with van der Waals surface area (Å²) in [6, 6.07) is 5.42. The molecule has 0 unspecified atom stereocenters. The molecule has 0 N–H and O–H groups in total. The molecule has 1 fully saturated rings. The summed E-state index contributed by atoms with van der Waals surface area (Å²) in [7, 11) is 0. The molecule has 1 saturated heterocycles. The molecule has 4 heteroatoms. The van der Waals surface area contributed by atoms with Crippen molar-refractivity contribution in [2.24, 2.45) is 0 Å². The molecule has 2 aliphatic rings. The van der Waals surface area contributed by atoms with Gasteiger partial charge in [0.2, 0.25) is 0 Å². The Bertz CT molecular complexity index is 545. The number of benzene rings is 1. The Morgan fingerprint density at radius 1 is 0.955 bits per heavy atom. The summed E-state index contributed by atoms with van der Waals surface area (Å²) in [5.74, 6) is 1.41. The molecule has 118 valence electrons. The second-order valence-corrected chi connectivity index (χ2v) is 5.84. The molecule has 0 radical (unpaired) electrons. The van der Waals surface area contributed by atoms with Crippen LogP contribution in [0.15, 0.2) is 30.5 Å². The minimum atomic E-state index is 0.0138. The van der Waals surface area contributed by atoms with Crippen LogP contribution in [0.5, 0.6) is 11.5 Å². The third-order valence-electron chi connectivity index (χ3n) is 4.11. The van der Waals surface area contributed by atoms with Crippen LogP contribution in [0.1, 0.15) is 42.5 Å². The predicted octanol–water partition coefficient (Wildman–Crippen LogP) is 3.42. The lowest BCUT2D eigenvalue weighted by Gasteiger charge is -2.16. The lowest BCUT2D eigenvalue weighted by molar-refractivity contribution is 0.104. The van der Waals surface area contributed by atoms with Crippen LogP contribution in [0.4, 0.5) is 0 Å². The maximum absolute atomic E-state index is 12.3. The van der Waals surface area contributed by atoms with Crippen molar-refractivity contribution < 1.29 is 14.3 Å². The van der Waals surface area contributed by atoms with E-state index in [0.717, 1.165) is 25.3 Å².